The summed E-state index contributed by atoms with van der Waals surface area (Å²) < 4.78 is 44.2. The van der Waals surface area contributed by atoms with E-state index >= 15 is 0 Å². The molecule has 1 atom stereocenters. The predicted molar refractivity (Wildman–Crippen MR) is 72.5 cm³/mol. The first-order chi connectivity index (χ1) is 9.43. The highest BCUT2D eigenvalue weighted by Gasteiger charge is 2.32. The van der Waals surface area contributed by atoms with E-state index in [1.165, 1.54) is 6.07 Å². The van der Waals surface area contributed by atoms with E-state index < -0.39 is 17.8 Å². The number of nitrogens with one attached hydrogen (secondary N) is 1. The van der Waals surface area contributed by atoms with Gasteiger partial charge >= 0.3 is 6.18 Å². The normalized spacial score (nSPS) is 17.4. The van der Waals surface area contributed by atoms with E-state index in [1.54, 1.807) is 6.26 Å². The zero-order valence-corrected chi connectivity index (χ0v) is 12.1. The standard InChI is InChI=1S/C13H14BrF3N2O/c14-11-4-3-9(13(15,16)17)6-10(11)12(19-18)8-2-1-5-20-7-8/h3-4,6-7,12,19H,1-2,5,18H2. The second-order valence-electron chi connectivity index (χ2n) is 4.50. The Labute approximate surface area is 123 Å². The fraction of sp³-hybridized carbons (Fsp3) is 0.385. The Morgan fingerprint density at radius 3 is 2.65 bits per heavy atom. The van der Waals surface area contributed by atoms with Crippen LogP contribution in [0.4, 0.5) is 13.2 Å². The molecule has 1 aromatic carbocycles. The number of hydrazine groups is 1. The summed E-state index contributed by atoms with van der Waals surface area (Å²) in [5, 5.41) is 0. The van der Waals surface area contributed by atoms with E-state index in [4.69, 9.17) is 10.6 Å². The summed E-state index contributed by atoms with van der Waals surface area (Å²) in [5.74, 6) is 5.52. The monoisotopic (exact) mass is 350 g/mol. The van der Waals surface area contributed by atoms with Crippen LogP contribution < -0.4 is 11.3 Å². The Morgan fingerprint density at radius 2 is 2.10 bits per heavy atom. The lowest BCUT2D eigenvalue weighted by Gasteiger charge is -2.24. The summed E-state index contributed by atoms with van der Waals surface area (Å²) in [4.78, 5) is 0. The van der Waals surface area contributed by atoms with Gasteiger partial charge < -0.3 is 4.74 Å². The molecule has 1 unspecified atom stereocenters. The van der Waals surface area contributed by atoms with Crippen molar-refractivity contribution in [2.75, 3.05) is 6.61 Å². The van der Waals surface area contributed by atoms with E-state index in [2.05, 4.69) is 21.4 Å². The van der Waals surface area contributed by atoms with Crippen molar-refractivity contribution in [3.63, 3.8) is 0 Å². The van der Waals surface area contributed by atoms with Crippen molar-refractivity contribution >= 4 is 15.9 Å². The van der Waals surface area contributed by atoms with Crippen LogP contribution in [0.5, 0.6) is 0 Å². The zero-order chi connectivity index (χ0) is 14.8. The fourth-order valence-electron chi connectivity index (χ4n) is 2.13. The molecule has 0 amide bonds. The molecule has 3 N–H and O–H groups in total. The van der Waals surface area contributed by atoms with Gasteiger partial charge in [-0.05, 0) is 42.2 Å². The summed E-state index contributed by atoms with van der Waals surface area (Å²) in [7, 11) is 0. The van der Waals surface area contributed by atoms with Gasteiger partial charge in [-0.25, -0.2) is 5.43 Å². The Kier molecular flexibility index (Phi) is 4.72. The van der Waals surface area contributed by atoms with E-state index in [-0.39, 0.29) is 0 Å². The highest BCUT2D eigenvalue weighted by Crippen LogP contribution is 2.36. The summed E-state index contributed by atoms with van der Waals surface area (Å²) in [6, 6.07) is 3.01. The summed E-state index contributed by atoms with van der Waals surface area (Å²) in [5.41, 5.74) is 3.14. The molecule has 0 saturated heterocycles. The number of rotatable bonds is 3. The van der Waals surface area contributed by atoms with Gasteiger partial charge in [-0.3, -0.25) is 5.84 Å². The van der Waals surface area contributed by atoms with Crippen LogP contribution in [0.3, 0.4) is 0 Å². The summed E-state index contributed by atoms with van der Waals surface area (Å²) in [6.07, 6.45) is -1.26. The molecule has 3 nitrogen and oxygen atoms in total. The van der Waals surface area contributed by atoms with E-state index in [1.807, 2.05) is 0 Å². The van der Waals surface area contributed by atoms with Crippen molar-refractivity contribution in [2.24, 2.45) is 5.84 Å². The van der Waals surface area contributed by atoms with Crippen LogP contribution in [0.25, 0.3) is 0 Å². The van der Waals surface area contributed by atoms with Crippen LogP contribution in [0.1, 0.15) is 30.0 Å². The lowest BCUT2D eigenvalue weighted by molar-refractivity contribution is -0.137. The van der Waals surface area contributed by atoms with Gasteiger partial charge in [0.2, 0.25) is 0 Å². The van der Waals surface area contributed by atoms with Crippen LogP contribution in [0.2, 0.25) is 0 Å². The van der Waals surface area contributed by atoms with Crippen molar-refractivity contribution in [3.05, 3.63) is 45.6 Å². The van der Waals surface area contributed by atoms with Gasteiger partial charge in [-0.15, -0.1) is 0 Å². The average molecular weight is 351 g/mol. The van der Waals surface area contributed by atoms with Gasteiger partial charge in [-0.1, -0.05) is 15.9 Å². The van der Waals surface area contributed by atoms with Crippen LogP contribution in [-0.2, 0) is 10.9 Å². The van der Waals surface area contributed by atoms with E-state index in [0.717, 1.165) is 30.5 Å². The number of benzene rings is 1. The van der Waals surface area contributed by atoms with Crippen LogP contribution >= 0.6 is 15.9 Å². The molecule has 0 bridgehead atoms. The van der Waals surface area contributed by atoms with Crippen molar-refractivity contribution in [1.82, 2.24) is 5.43 Å². The summed E-state index contributed by atoms with van der Waals surface area (Å²) in [6.45, 7) is 0.616. The molecular formula is C13H14BrF3N2O. The maximum atomic E-state index is 12.8. The summed E-state index contributed by atoms with van der Waals surface area (Å²) >= 11 is 3.27. The minimum absolute atomic E-state index is 0.444. The molecule has 7 heteroatoms. The number of hydrogen-bond acceptors (Lipinski definition) is 3. The van der Waals surface area contributed by atoms with Crippen molar-refractivity contribution in [3.8, 4) is 0 Å². The number of hydrogen-bond donors (Lipinski definition) is 2. The van der Waals surface area contributed by atoms with Gasteiger partial charge in [0.15, 0.2) is 0 Å². The molecule has 0 aliphatic carbocycles. The molecule has 0 radical (unpaired) electrons. The largest absolute Gasteiger partial charge is 0.501 e. The van der Waals surface area contributed by atoms with Crippen LogP contribution in [-0.4, -0.2) is 6.61 Å². The molecule has 1 heterocycles. The highest BCUT2D eigenvalue weighted by molar-refractivity contribution is 9.10. The molecule has 1 aliphatic rings. The number of ether oxygens (including phenoxy) is 1. The third-order valence-corrected chi connectivity index (χ3v) is 3.86. The topological polar surface area (TPSA) is 47.3 Å². The number of alkyl halides is 3. The molecule has 1 aliphatic heterocycles. The maximum Gasteiger partial charge on any atom is 0.416 e. The lowest BCUT2D eigenvalue weighted by Crippen LogP contribution is -2.31. The predicted octanol–water partition coefficient (Wildman–Crippen LogP) is 3.67. The van der Waals surface area contributed by atoms with E-state index in [9.17, 15) is 13.2 Å². The van der Waals surface area contributed by atoms with Gasteiger partial charge in [-0.2, -0.15) is 13.2 Å². The molecule has 20 heavy (non-hydrogen) atoms. The molecule has 0 fully saturated rings. The second-order valence-corrected chi connectivity index (χ2v) is 5.36. The fourth-order valence-corrected chi connectivity index (χ4v) is 2.61. The number of nitrogens with two attached hydrogens (primary N) is 1. The minimum atomic E-state index is -4.38. The van der Waals surface area contributed by atoms with Gasteiger partial charge in [0, 0.05) is 4.47 Å². The Balaban J connectivity index is 2.40. The van der Waals surface area contributed by atoms with Crippen molar-refractivity contribution < 1.29 is 17.9 Å². The first-order valence-electron chi connectivity index (χ1n) is 6.07. The Hall–Kier alpha value is -1.05. The average Bonchev–Trinajstić information content (AvgIpc) is 2.41. The third-order valence-electron chi connectivity index (χ3n) is 3.13. The van der Waals surface area contributed by atoms with E-state index in [0.29, 0.717) is 16.6 Å². The molecule has 110 valence electrons. The molecule has 0 saturated carbocycles. The number of halogens is 4. The molecule has 2 rings (SSSR count). The van der Waals surface area contributed by atoms with Crippen LogP contribution in [0, 0.1) is 0 Å². The van der Waals surface area contributed by atoms with Gasteiger partial charge in [0.1, 0.15) is 0 Å². The smallest absolute Gasteiger partial charge is 0.416 e. The molecular weight excluding hydrogens is 337 g/mol. The Bertz CT molecular complexity index is 517. The van der Waals surface area contributed by atoms with Crippen LogP contribution in [0.15, 0.2) is 34.5 Å². The lowest BCUT2D eigenvalue weighted by atomic mass is 9.94. The molecule has 1 aromatic rings. The molecule has 0 spiro atoms. The first kappa shape index (κ1) is 15.3. The SMILES string of the molecule is NNC(C1=COCCC1)c1cc(C(F)(F)F)ccc1Br. The maximum absolute atomic E-state index is 12.8. The second kappa shape index (κ2) is 6.15. The van der Waals surface area contributed by atoms with Crippen molar-refractivity contribution in [1.29, 1.82) is 0 Å². The minimum Gasteiger partial charge on any atom is -0.501 e. The first-order valence-corrected chi connectivity index (χ1v) is 6.86. The Morgan fingerprint density at radius 1 is 1.35 bits per heavy atom. The third kappa shape index (κ3) is 3.34. The zero-order valence-electron chi connectivity index (χ0n) is 10.5. The molecule has 0 aromatic heterocycles. The van der Waals surface area contributed by atoms with Gasteiger partial charge in [0.05, 0.1) is 24.5 Å². The van der Waals surface area contributed by atoms with Crippen molar-refractivity contribution in [2.45, 2.75) is 25.1 Å². The highest BCUT2D eigenvalue weighted by atomic mass is 79.9. The van der Waals surface area contributed by atoms with Gasteiger partial charge in [0.25, 0.3) is 0 Å². The quantitative estimate of drug-likeness (QED) is 0.645.